The van der Waals surface area contributed by atoms with Gasteiger partial charge in [-0.2, -0.15) is 0 Å². The van der Waals surface area contributed by atoms with Crippen molar-refractivity contribution in [2.45, 2.75) is 0 Å². The molecule has 0 heterocycles. The van der Waals surface area contributed by atoms with Crippen molar-refractivity contribution in [2.75, 3.05) is 0 Å². The van der Waals surface area contributed by atoms with Crippen LogP contribution in [-0.2, 0) is 0 Å². The molecule has 0 nitrogen and oxygen atoms in total. The summed E-state index contributed by atoms with van der Waals surface area (Å²) in [6, 6.07) is 4.95. The summed E-state index contributed by atoms with van der Waals surface area (Å²) in [4.78, 5) is 0. The van der Waals surface area contributed by atoms with Gasteiger partial charge in [0.2, 0.25) is 0 Å². The summed E-state index contributed by atoms with van der Waals surface area (Å²) in [5, 5.41) is 0.414. The Hall–Kier alpha value is 0.850. The van der Waals surface area contributed by atoms with Gasteiger partial charge < -0.3 is 0 Å². The third-order valence-corrected chi connectivity index (χ3v) is 8.85. The van der Waals surface area contributed by atoms with Gasteiger partial charge in [0.1, 0.15) is 0 Å². The van der Waals surface area contributed by atoms with E-state index in [2.05, 4.69) is 0 Å². The highest BCUT2D eigenvalue weighted by Crippen LogP contribution is 2.57. The van der Waals surface area contributed by atoms with Crippen molar-refractivity contribution in [1.82, 2.24) is 0 Å². The molecule has 0 aromatic heterocycles. The number of halogens is 11. The van der Waals surface area contributed by atoms with Gasteiger partial charge in [0.25, 0.3) is 0 Å². The van der Waals surface area contributed by atoms with Crippen LogP contribution >= 0.6 is 128 Å². The maximum atomic E-state index is 6.55. The summed E-state index contributed by atoms with van der Waals surface area (Å²) in [6.07, 6.45) is 0. The Morgan fingerprint density at radius 3 is 1.21 bits per heavy atom. The lowest BCUT2D eigenvalue weighted by Gasteiger charge is -2.21. The normalized spacial score (nSPS) is 11.3. The topological polar surface area (TPSA) is 0 Å². The van der Waals surface area contributed by atoms with Gasteiger partial charge in [-0.3, -0.25) is 0 Å². The standard InChI is InChI=1S/C18H3Cl11/c19-5-3-1-2-4(9(5)20)6-7(11(22)15(26)14(25)10(6)21)8-12(23)16(27)18(29)17(28)13(8)24/h1-3H. The van der Waals surface area contributed by atoms with Gasteiger partial charge in [-0.1, -0.05) is 140 Å². The first-order chi connectivity index (χ1) is 13.5. The van der Waals surface area contributed by atoms with E-state index in [-0.39, 0.29) is 71.9 Å². The molecule has 0 aliphatic rings. The molecule has 0 aliphatic carbocycles. The van der Waals surface area contributed by atoms with Crippen LogP contribution in [0.1, 0.15) is 0 Å². The maximum absolute atomic E-state index is 6.55. The Labute approximate surface area is 221 Å². The molecule has 0 atom stereocenters. The van der Waals surface area contributed by atoms with E-state index in [0.29, 0.717) is 5.56 Å². The predicted octanol–water partition coefficient (Wildman–Crippen LogP) is 12.2. The van der Waals surface area contributed by atoms with Gasteiger partial charge in [0.05, 0.1) is 55.2 Å². The lowest BCUT2D eigenvalue weighted by Crippen LogP contribution is -1.95. The summed E-state index contributed by atoms with van der Waals surface area (Å²) in [5.41, 5.74) is 1.07. The van der Waals surface area contributed by atoms with Crippen LogP contribution in [0.5, 0.6) is 0 Å². The van der Waals surface area contributed by atoms with Crippen LogP contribution in [0.2, 0.25) is 55.2 Å². The summed E-state index contributed by atoms with van der Waals surface area (Å²) in [5.74, 6) is 0. The van der Waals surface area contributed by atoms with Crippen LogP contribution in [0.4, 0.5) is 0 Å². The summed E-state index contributed by atoms with van der Waals surface area (Å²) >= 11 is 69.8. The number of hydrogen-bond acceptors (Lipinski definition) is 0. The van der Waals surface area contributed by atoms with E-state index in [1.54, 1.807) is 18.2 Å². The van der Waals surface area contributed by atoms with Gasteiger partial charge in [-0.15, -0.1) is 0 Å². The van der Waals surface area contributed by atoms with Crippen molar-refractivity contribution in [1.29, 1.82) is 0 Å². The SMILES string of the molecule is Clc1cccc(-c2c(Cl)c(Cl)c(Cl)c(Cl)c2-c2c(Cl)c(Cl)c(Cl)c(Cl)c2Cl)c1Cl. The van der Waals surface area contributed by atoms with Crippen molar-refractivity contribution in [2.24, 2.45) is 0 Å². The monoisotopic (exact) mass is 604 g/mol. The second kappa shape index (κ2) is 9.38. The molecule has 0 aliphatic heterocycles. The lowest BCUT2D eigenvalue weighted by molar-refractivity contribution is 1.57. The zero-order chi connectivity index (χ0) is 21.8. The van der Waals surface area contributed by atoms with Crippen molar-refractivity contribution >= 4 is 128 Å². The molecule has 3 aromatic rings. The Morgan fingerprint density at radius 2 is 0.724 bits per heavy atom. The quantitative estimate of drug-likeness (QED) is 0.200. The number of hydrogen-bond donors (Lipinski definition) is 0. The predicted molar refractivity (Wildman–Crippen MR) is 132 cm³/mol. The molecule has 0 fully saturated rings. The highest BCUT2D eigenvalue weighted by molar-refractivity contribution is 6.58. The summed E-state index contributed by atoms with van der Waals surface area (Å²) in [7, 11) is 0. The molecular weight excluding hydrogens is 606 g/mol. The van der Waals surface area contributed by atoms with Crippen LogP contribution in [0.3, 0.4) is 0 Å². The second-order valence-electron chi connectivity index (χ2n) is 5.55. The molecule has 0 radical (unpaired) electrons. The van der Waals surface area contributed by atoms with Crippen LogP contribution in [0, 0.1) is 0 Å². The van der Waals surface area contributed by atoms with E-state index < -0.39 is 0 Å². The lowest BCUT2D eigenvalue weighted by atomic mass is 9.94. The Morgan fingerprint density at radius 1 is 0.345 bits per heavy atom. The van der Waals surface area contributed by atoms with Crippen molar-refractivity contribution < 1.29 is 0 Å². The first-order valence-corrected chi connectivity index (χ1v) is 11.5. The maximum Gasteiger partial charge on any atom is 0.0809 e. The van der Waals surface area contributed by atoms with E-state index in [4.69, 9.17) is 128 Å². The molecule has 0 unspecified atom stereocenters. The first kappa shape index (κ1) is 24.5. The summed E-state index contributed by atoms with van der Waals surface area (Å²) < 4.78 is 0. The Bertz CT molecular complexity index is 1140. The molecule has 11 heteroatoms. The fourth-order valence-electron chi connectivity index (χ4n) is 2.64. The van der Waals surface area contributed by atoms with E-state index in [1.165, 1.54) is 0 Å². The molecule has 3 rings (SSSR count). The highest BCUT2D eigenvalue weighted by Gasteiger charge is 2.29. The van der Waals surface area contributed by atoms with E-state index in [1.807, 2.05) is 0 Å². The second-order valence-corrected chi connectivity index (χ2v) is 9.74. The fraction of sp³-hybridized carbons (Fsp3) is 0. The Kier molecular flexibility index (Phi) is 7.92. The third kappa shape index (κ3) is 4.14. The largest absolute Gasteiger partial charge is 0.0827 e. The van der Waals surface area contributed by atoms with E-state index >= 15 is 0 Å². The van der Waals surface area contributed by atoms with Crippen LogP contribution in [0.15, 0.2) is 18.2 Å². The van der Waals surface area contributed by atoms with Gasteiger partial charge in [0, 0.05) is 22.3 Å². The average molecular weight is 609 g/mol. The zero-order valence-corrected chi connectivity index (χ0v) is 21.7. The van der Waals surface area contributed by atoms with E-state index in [0.717, 1.165) is 0 Å². The van der Waals surface area contributed by atoms with Gasteiger partial charge >= 0.3 is 0 Å². The molecule has 0 N–H and O–H groups in total. The van der Waals surface area contributed by atoms with Gasteiger partial charge in [0.15, 0.2) is 0 Å². The van der Waals surface area contributed by atoms with Crippen molar-refractivity contribution in [3.05, 3.63) is 73.4 Å². The molecule has 29 heavy (non-hydrogen) atoms. The minimum atomic E-state index is -0.0286. The average Bonchev–Trinajstić information content (AvgIpc) is 2.70. The first-order valence-electron chi connectivity index (χ1n) is 7.32. The highest BCUT2D eigenvalue weighted by atomic mass is 35.5. The number of benzene rings is 3. The van der Waals surface area contributed by atoms with Gasteiger partial charge in [-0.25, -0.2) is 0 Å². The van der Waals surface area contributed by atoms with Crippen molar-refractivity contribution in [3.8, 4) is 22.3 Å². The molecule has 0 bridgehead atoms. The van der Waals surface area contributed by atoms with Crippen molar-refractivity contribution in [3.63, 3.8) is 0 Å². The fourth-order valence-corrected chi connectivity index (χ4v) is 5.41. The minimum Gasteiger partial charge on any atom is -0.0827 e. The molecule has 0 amide bonds. The van der Waals surface area contributed by atoms with E-state index in [9.17, 15) is 0 Å². The number of rotatable bonds is 2. The molecule has 0 saturated carbocycles. The van der Waals surface area contributed by atoms with Gasteiger partial charge in [-0.05, 0) is 6.07 Å². The molecular formula is C18H3Cl11. The van der Waals surface area contributed by atoms with Crippen LogP contribution in [-0.4, -0.2) is 0 Å². The molecule has 152 valence electrons. The zero-order valence-electron chi connectivity index (χ0n) is 13.4. The Balaban J connectivity index is 2.61. The van der Waals surface area contributed by atoms with Crippen LogP contribution in [0.25, 0.3) is 22.3 Å². The molecule has 0 saturated heterocycles. The smallest absolute Gasteiger partial charge is 0.0809 e. The minimum absolute atomic E-state index is 0.00497. The van der Waals surface area contributed by atoms with Crippen LogP contribution < -0.4 is 0 Å². The molecule has 3 aromatic carbocycles. The third-order valence-electron chi connectivity index (χ3n) is 3.95. The molecule has 0 spiro atoms. The summed E-state index contributed by atoms with van der Waals surface area (Å²) in [6.45, 7) is 0.